The van der Waals surface area contributed by atoms with Crippen LogP contribution >= 0.6 is 0 Å². The van der Waals surface area contributed by atoms with Crippen molar-refractivity contribution in [3.05, 3.63) is 24.3 Å². The Morgan fingerprint density at radius 3 is 2.59 bits per heavy atom. The molecule has 0 aromatic heterocycles. The Kier molecular flexibility index (Phi) is 6.06. The van der Waals surface area contributed by atoms with E-state index in [1.807, 2.05) is 0 Å². The minimum atomic E-state index is -0.0767. The summed E-state index contributed by atoms with van der Waals surface area (Å²) in [7, 11) is 1.60. The Balaban J connectivity index is 2.29. The number of ether oxygens (including phenoxy) is 2. The fourth-order valence-corrected chi connectivity index (χ4v) is 1.25. The van der Waals surface area contributed by atoms with Crippen LogP contribution in [0.2, 0.25) is 0 Å². The summed E-state index contributed by atoms with van der Waals surface area (Å²) < 4.78 is 10.1. The standard InChI is InChI=1S/C12H18N2O3/c1-16-11-4-2-10(3-5-11)14-12(15)6-8-17-9-7-13/h2-5H,6-9,13H2,1H3,(H,14,15). The molecule has 17 heavy (non-hydrogen) atoms. The summed E-state index contributed by atoms with van der Waals surface area (Å²) in [5.74, 6) is 0.682. The maximum atomic E-state index is 11.5. The fraction of sp³-hybridized carbons (Fsp3) is 0.417. The number of hydrogen-bond acceptors (Lipinski definition) is 4. The SMILES string of the molecule is COc1ccc(NC(=O)CCOCCN)cc1. The average molecular weight is 238 g/mol. The molecular weight excluding hydrogens is 220 g/mol. The maximum Gasteiger partial charge on any atom is 0.226 e. The minimum absolute atomic E-state index is 0.0767. The third kappa shape index (κ3) is 5.33. The van der Waals surface area contributed by atoms with Crippen molar-refractivity contribution in [3.63, 3.8) is 0 Å². The first-order chi connectivity index (χ1) is 8.26. The zero-order chi connectivity index (χ0) is 12.5. The summed E-state index contributed by atoms with van der Waals surface area (Å²) in [6.07, 6.45) is 0.325. The van der Waals surface area contributed by atoms with Gasteiger partial charge in [0.05, 0.1) is 26.7 Å². The summed E-state index contributed by atoms with van der Waals surface area (Å²) >= 11 is 0. The molecule has 0 bridgehead atoms. The van der Waals surface area contributed by atoms with E-state index in [9.17, 15) is 4.79 Å². The minimum Gasteiger partial charge on any atom is -0.497 e. The van der Waals surface area contributed by atoms with Gasteiger partial charge in [-0.3, -0.25) is 4.79 Å². The monoisotopic (exact) mass is 238 g/mol. The van der Waals surface area contributed by atoms with Crippen LogP contribution in [0.1, 0.15) is 6.42 Å². The van der Waals surface area contributed by atoms with Crippen molar-refractivity contribution in [1.29, 1.82) is 0 Å². The van der Waals surface area contributed by atoms with Gasteiger partial charge in [0.15, 0.2) is 0 Å². The molecule has 5 heteroatoms. The van der Waals surface area contributed by atoms with Crippen LogP contribution < -0.4 is 15.8 Å². The lowest BCUT2D eigenvalue weighted by Gasteiger charge is -2.06. The third-order valence-electron chi connectivity index (χ3n) is 2.11. The molecule has 0 saturated carbocycles. The highest BCUT2D eigenvalue weighted by atomic mass is 16.5. The lowest BCUT2D eigenvalue weighted by molar-refractivity contribution is -0.117. The van der Waals surface area contributed by atoms with Gasteiger partial charge in [-0.15, -0.1) is 0 Å². The Hall–Kier alpha value is -1.59. The number of nitrogens with one attached hydrogen (secondary N) is 1. The second kappa shape index (κ2) is 7.65. The van der Waals surface area contributed by atoms with Crippen LogP contribution in [0.3, 0.4) is 0 Å². The zero-order valence-electron chi connectivity index (χ0n) is 9.94. The van der Waals surface area contributed by atoms with Crippen molar-refractivity contribution in [2.75, 3.05) is 32.2 Å². The van der Waals surface area contributed by atoms with Crippen molar-refractivity contribution in [1.82, 2.24) is 0 Å². The second-order valence-electron chi connectivity index (χ2n) is 3.43. The molecule has 5 nitrogen and oxygen atoms in total. The second-order valence-corrected chi connectivity index (χ2v) is 3.43. The number of methoxy groups -OCH3 is 1. The molecule has 0 heterocycles. The molecule has 0 saturated heterocycles. The number of benzene rings is 1. The molecule has 0 unspecified atom stereocenters. The van der Waals surface area contributed by atoms with E-state index < -0.39 is 0 Å². The van der Waals surface area contributed by atoms with E-state index in [0.717, 1.165) is 11.4 Å². The summed E-state index contributed by atoms with van der Waals surface area (Å²) in [5, 5.41) is 2.76. The van der Waals surface area contributed by atoms with Gasteiger partial charge in [-0.05, 0) is 24.3 Å². The highest BCUT2D eigenvalue weighted by molar-refractivity contribution is 5.90. The van der Waals surface area contributed by atoms with Crippen LogP contribution in [0.25, 0.3) is 0 Å². The van der Waals surface area contributed by atoms with Crippen LogP contribution in [0.5, 0.6) is 5.75 Å². The van der Waals surface area contributed by atoms with E-state index in [1.54, 1.807) is 31.4 Å². The van der Waals surface area contributed by atoms with Gasteiger partial charge in [0, 0.05) is 12.2 Å². The van der Waals surface area contributed by atoms with Gasteiger partial charge >= 0.3 is 0 Å². The average Bonchev–Trinajstić information content (AvgIpc) is 2.36. The van der Waals surface area contributed by atoms with Crippen LogP contribution in [-0.2, 0) is 9.53 Å². The van der Waals surface area contributed by atoms with Crippen LogP contribution in [0, 0.1) is 0 Å². The Morgan fingerprint density at radius 1 is 1.29 bits per heavy atom. The Labute approximate surface area is 101 Å². The first kappa shape index (κ1) is 13.5. The van der Waals surface area contributed by atoms with Gasteiger partial charge in [0.25, 0.3) is 0 Å². The predicted octanol–water partition coefficient (Wildman–Crippen LogP) is 0.999. The van der Waals surface area contributed by atoms with E-state index in [2.05, 4.69) is 5.32 Å². The Bertz CT molecular complexity index is 338. The largest absolute Gasteiger partial charge is 0.497 e. The van der Waals surface area contributed by atoms with Gasteiger partial charge in [-0.1, -0.05) is 0 Å². The molecule has 0 aliphatic carbocycles. The smallest absolute Gasteiger partial charge is 0.226 e. The lowest BCUT2D eigenvalue weighted by atomic mass is 10.3. The van der Waals surface area contributed by atoms with Crippen molar-refractivity contribution < 1.29 is 14.3 Å². The molecule has 1 rings (SSSR count). The first-order valence-corrected chi connectivity index (χ1v) is 5.48. The molecule has 0 aliphatic heterocycles. The highest BCUT2D eigenvalue weighted by Gasteiger charge is 2.02. The first-order valence-electron chi connectivity index (χ1n) is 5.48. The molecule has 0 spiro atoms. The van der Waals surface area contributed by atoms with Gasteiger partial charge in [0.2, 0.25) is 5.91 Å². The van der Waals surface area contributed by atoms with Crippen molar-refractivity contribution in [2.45, 2.75) is 6.42 Å². The molecule has 0 radical (unpaired) electrons. The number of carbonyl (C=O) groups excluding carboxylic acids is 1. The van der Waals surface area contributed by atoms with Crippen molar-refractivity contribution in [2.24, 2.45) is 5.73 Å². The molecule has 0 fully saturated rings. The van der Waals surface area contributed by atoms with E-state index in [4.69, 9.17) is 15.2 Å². The summed E-state index contributed by atoms with van der Waals surface area (Å²) in [5.41, 5.74) is 6.00. The van der Waals surface area contributed by atoms with Gasteiger partial charge < -0.3 is 20.5 Å². The fourth-order valence-electron chi connectivity index (χ4n) is 1.25. The summed E-state index contributed by atoms with van der Waals surface area (Å²) in [6, 6.07) is 7.16. The zero-order valence-corrected chi connectivity index (χ0v) is 9.94. The number of nitrogens with two attached hydrogens (primary N) is 1. The number of carbonyl (C=O) groups is 1. The van der Waals surface area contributed by atoms with Gasteiger partial charge in [-0.25, -0.2) is 0 Å². The van der Waals surface area contributed by atoms with Crippen LogP contribution in [0.15, 0.2) is 24.3 Å². The van der Waals surface area contributed by atoms with Gasteiger partial charge in [0.1, 0.15) is 5.75 Å². The third-order valence-corrected chi connectivity index (χ3v) is 2.11. The summed E-state index contributed by atoms with van der Waals surface area (Å²) in [4.78, 5) is 11.5. The highest BCUT2D eigenvalue weighted by Crippen LogP contribution is 2.14. The topological polar surface area (TPSA) is 73.6 Å². The molecule has 3 N–H and O–H groups in total. The van der Waals surface area contributed by atoms with Crippen LogP contribution in [-0.4, -0.2) is 32.8 Å². The molecular formula is C12H18N2O3. The van der Waals surface area contributed by atoms with Crippen LogP contribution in [0.4, 0.5) is 5.69 Å². The normalized spacial score (nSPS) is 10.0. The predicted molar refractivity (Wildman–Crippen MR) is 66.1 cm³/mol. The maximum absolute atomic E-state index is 11.5. The van der Waals surface area contributed by atoms with E-state index in [-0.39, 0.29) is 5.91 Å². The number of hydrogen-bond donors (Lipinski definition) is 2. The molecule has 1 amide bonds. The summed E-state index contributed by atoms with van der Waals surface area (Å²) in [6.45, 7) is 1.34. The quantitative estimate of drug-likeness (QED) is 0.695. The molecule has 1 aromatic rings. The van der Waals surface area contributed by atoms with Crippen molar-refractivity contribution >= 4 is 11.6 Å². The molecule has 0 atom stereocenters. The molecule has 1 aromatic carbocycles. The molecule has 94 valence electrons. The van der Waals surface area contributed by atoms with Gasteiger partial charge in [-0.2, -0.15) is 0 Å². The van der Waals surface area contributed by atoms with Crippen molar-refractivity contribution in [3.8, 4) is 5.75 Å². The molecule has 0 aliphatic rings. The van der Waals surface area contributed by atoms with E-state index in [1.165, 1.54) is 0 Å². The number of rotatable bonds is 7. The van der Waals surface area contributed by atoms with E-state index in [0.29, 0.717) is 26.2 Å². The lowest BCUT2D eigenvalue weighted by Crippen LogP contribution is -2.16. The number of anilines is 1. The number of amides is 1. The van der Waals surface area contributed by atoms with E-state index >= 15 is 0 Å². The Morgan fingerprint density at radius 2 is 2.00 bits per heavy atom.